The molecule has 0 bridgehead atoms. The molecule has 0 aliphatic heterocycles. The number of thiophene rings is 1. The lowest BCUT2D eigenvalue weighted by molar-refractivity contribution is 0.0528. The number of H-pyrrole nitrogens is 1. The molecular formula is C13H13BrN2O3S. The number of halogens is 1. The highest BCUT2D eigenvalue weighted by Gasteiger charge is 2.19. The monoisotopic (exact) mass is 356 g/mol. The Balaban J connectivity index is 2.21. The van der Waals surface area contributed by atoms with Gasteiger partial charge in [0, 0.05) is 15.5 Å². The first-order chi connectivity index (χ1) is 9.51. The Bertz CT molecular complexity index is 648. The van der Waals surface area contributed by atoms with Gasteiger partial charge in [-0.05, 0) is 41.9 Å². The molecule has 20 heavy (non-hydrogen) atoms. The van der Waals surface area contributed by atoms with E-state index in [0.29, 0.717) is 22.9 Å². The lowest BCUT2D eigenvalue weighted by Gasteiger charge is -2.04. The molecule has 0 unspecified atom stereocenters. The number of aromatic amines is 1. The smallest absolute Gasteiger partial charge is 0.341 e. The van der Waals surface area contributed by atoms with E-state index in [9.17, 15) is 9.59 Å². The summed E-state index contributed by atoms with van der Waals surface area (Å²) >= 11 is 4.61. The third-order valence-corrected chi connectivity index (χ3v) is 3.89. The number of hydrogen-bond acceptors (Lipinski definition) is 4. The normalized spacial score (nSPS) is 10.3. The zero-order valence-electron chi connectivity index (χ0n) is 11.0. The molecule has 7 heteroatoms. The molecule has 0 aromatic carbocycles. The van der Waals surface area contributed by atoms with E-state index in [-0.39, 0.29) is 5.91 Å². The number of amides is 1. The molecule has 106 valence electrons. The lowest BCUT2D eigenvalue weighted by Crippen LogP contribution is -2.14. The molecule has 0 saturated carbocycles. The van der Waals surface area contributed by atoms with Crippen LogP contribution in [0.15, 0.2) is 22.8 Å². The largest absolute Gasteiger partial charge is 0.462 e. The summed E-state index contributed by atoms with van der Waals surface area (Å²) in [7, 11) is 0. The van der Waals surface area contributed by atoms with Crippen molar-refractivity contribution < 1.29 is 14.3 Å². The number of nitrogens with one attached hydrogen (secondary N) is 2. The predicted molar refractivity (Wildman–Crippen MR) is 81.5 cm³/mol. The van der Waals surface area contributed by atoms with Gasteiger partial charge < -0.3 is 15.0 Å². The van der Waals surface area contributed by atoms with Crippen LogP contribution in [0.25, 0.3) is 0 Å². The lowest BCUT2D eigenvalue weighted by atomic mass is 10.3. The number of esters is 1. The summed E-state index contributed by atoms with van der Waals surface area (Å²) in [5, 5.41) is 3.22. The molecule has 0 aliphatic rings. The second kappa shape index (κ2) is 6.23. The number of aromatic nitrogens is 1. The molecule has 5 nitrogen and oxygen atoms in total. The molecule has 2 heterocycles. The third kappa shape index (κ3) is 3.29. The molecule has 0 aliphatic carbocycles. The van der Waals surface area contributed by atoms with Crippen LogP contribution in [0.2, 0.25) is 0 Å². The number of carbonyl (C=O) groups excluding carboxylic acids is 2. The van der Waals surface area contributed by atoms with Crippen molar-refractivity contribution in [2.45, 2.75) is 13.8 Å². The van der Waals surface area contributed by atoms with Crippen molar-refractivity contribution in [3.05, 3.63) is 38.9 Å². The Labute approximate surface area is 128 Å². The van der Waals surface area contributed by atoms with Crippen LogP contribution in [0.3, 0.4) is 0 Å². The van der Waals surface area contributed by atoms with Gasteiger partial charge in [0.25, 0.3) is 5.91 Å². The third-order valence-electron chi connectivity index (χ3n) is 2.47. The fraction of sp³-hybridized carbons (Fsp3) is 0.231. The molecule has 0 fully saturated rings. The van der Waals surface area contributed by atoms with E-state index in [1.54, 1.807) is 25.3 Å². The number of hydrogen-bond donors (Lipinski definition) is 2. The van der Waals surface area contributed by atoms with Gasteiger partial charge in [0.1, 0.15) is 10.7 Å². The summed E-state index contributed by atoms with van der Waals surface area (Å²) < 4.78 is 5.76. The molecule has 0 atom stereocenters. The number of aryl methyl sites for hydroxylation is 1. The number of carbonyl (C=O) groups is 2. The molecule has 0 spiro atoms. The van der Waals surface area contributed by atoms with Gasteiger partial charge in [-0.25, -0.2) is 4.79 Å². The van der Waals surface area contributed by atoms with Gasteiger partial charge in [-0.1, -0.05) is 0 Å². The highest BCUT2D eigenvalue weighted by atomic mass is 79.9. The summed E-state index contributed by atoms with van der Waals surface area (Å²) in [4.78, 5) is 27.6. The van der Waals surface area contributed by atoms with Gasteiger partial charge >= 0.3 is 5.97 Å². The number of rotatable bonds is 4. The van der Waals surface area contributed by atoms with Crippen molar-refractivity contribution >= 4 is 44.1 Å². The number of anilines is 1. The van der Waals surface area contributed by atoms with Crippen LogP contribution >= 0.6 is 27.3 Å². The minimum atomic E-state index is -0.431. The SMILES string of the molecule is CCOC(=O)c1cc(C)sc1NC(=O)c1cc(Br)c[nH]1. The van der Waals surface area contributed by atoms with E-state index in [0.717, 1.165) is 9.35 Å². The summed E-state index contributed by atoms with van der Waals surface area (Å²) in [6, 6.07) is 3.38. The van der Waals surface area contributed by atoms with Crippen molar-refractivity contribution in [1.29, 1.82) is 0 Å². The molecule has 0 saturated heterocycles. The van der Waals surface area contributed by atoms with Gasteiger partial charge in [0.05, 0.1) is 12.2 Å². The fourth-order valence-electron chi connectivity index (χ4n) is 1.64. The first-order valence-electron chi connectivity index (χ1n) is 5.94. The second-order valence-corrected chi connectivity index (χ2v) is 6.18. The summed E-state index contributed by atoms with van der Waals surface area (Å²) in [6.07, 6.45) is 1.67. The fourth-order valence-corrected chi connectivity index (χ4v) is 2.88. The summed E-state index contributed by atoms with van der Waals surface area (Å²) in [5.74, 6) is -0.733. The van der Waals surface area contributed by atoms with E-state index >= 15 is 0 Å². The van der Waals surface area contributed by atoms with Crippen molar-refractivity contribution in [3.8, 4) is 0 Å². The Morgan fingerprint density at radius 1 is 1.45 bits per heavy atom. The zero-order valence-corrected chi connectivity index (χ0v) is 13.4. The van der Waals surface area contributed by atoms with Gasteiger partial charge in [0.15, 0.2) is 0 Å². The Hall–Kier alpha value is -1.60. The van der Waals surface area contributed by atoms with Crippen LogP contribution in [0.4, 0.5) is 5.00 Å². The van der Waals surface area contributed by atoms with E-state index in [4.69, 9.17) is 4.74 Å². The average Bonchev–Trinajstić information content (AvgIpc) is 2.96. The summed E-state index contributed by atoms with van der Waals surface area (Å²) in [5.41, 5.74) is 0.797. The zero-order chi connectivity index (χ0) is 14.7. The Morgan fingerprint density at radius 2 is 2.20 bits per heavy atom. The van der Waals surface area contributed by atoms with Gasteiger partial charge in [-0.2, -0.15) is 0 Å². The van der Waals surface area contributed by atoms with Gasteiger partial charge in [-0.3, -0.25) is 4.79 Å². The molecule has 2 aromatic heterocycles. The molecular weight excluding hydrogens is 344 g/mol. The second-order valence-electron chi connectivity index (χ2n) is 4.01. The van der Waals surface area contributed by atoms with Crippen molar-refractivity contribution in [2.75, 3.05) is 11.9 Å². The van der Waals surface area contributed by atoms with Gasteiger partial charge in [-0.15, -0.1) is 11.3 Å². The maximum Gasteiger partial charge on any atom is 0.341 e. The minimum absolute atomic E-state index is 0.296. The van der Waals surface area contributed by atoms with Crippen molar-refractivity contribution in [3.63, 3.8) is 0 Å². The van der Waals surface area contributed by atoms with Crippen LogP contribution in [-0.4, -0.2) is 23.5 Å². The topological polar surface area (TPSA) is 71.2 Å². The maximum absolute atomic E-state index is 12.1. The van der Waals surface area contributed by atoms with Gasteiger partial charge in [0.2, 0.25) is 0 Å². The van der Waals surface area contributed by atoms with Crippen molar-refractivity contribution in [2.24, 2.45) is 0 Å². The first-order valence-corrected chi connectivity index (χ1v) is 7.55. The summed E-state index contributed by atoms with van der Waals surface area (Å²) in [6.45, 7) is 3.91. The molecule has 2 rings (SSSR count). The average molecular weight is 357 g/mol. The highest BCUT2D eigenvalue weighted by molar-refractivity contribution is 9.10. The van der Waals surface area contributed by atoms with Crippen LogP contribution in [0, 0.1) is 6.92 Å². The van der Waals surface area contributed by atoms with E-state index in [1.165, 1.54) is 11.3 Å². The van der Waals surface area contributed by atoms with E-state index in [2.05, 4.69) is 26.2 Å². The van der Waals surface area contributed by atoms with Crippen molar-refractivity contribution in [1.82, 2.24) is 4.98 Å². The highest BCUT2D eigenvalue weighted by Crippen LogP contribution is 2.28. The quantitative estimate of drug-likeness (QED) is 0.822. The van der Waals surface area contributed by atoms with E-state index in [1.807, 2.05) is 6.92 Å². The Kier molecular flexibility index (Phi) is 4.61. The van der Waals surface area contributed by atoms with Crippen LogP contribution in [0.1, 0.15) is 32.6 Å². The maximum atomic E-state index is 12.1. The molecule has 2 N–H and O–H groups in total. The first kappa shape index (κ1) is 14.8. The Morgan fingerprint density at radius 3 is 2.80 bits per heavy atom. The molecule has 2 aromatic rings. The molecule has 0 radical (unpaired) electrons. The number of ether oxygens (including phenoxy) is 1. The predicted octanol–water partition coefficient (Wildman–Crippen LogP) is 3.58. The molecule has 1 amide bonds. The van der Waals surface area contributed by atoms with E-state index < -0.39 is 5.97 Å². The minimum Gasteiger partial charge on any atom is -0.462 e. The van der Waals surface area contributed by atoms with Crippen LogP contribution < -0.4 is 5.32 Å². The van der Waals surface area contributed by atoms with Crippen LogP contribution in [-0.2, 0) is 4.74 Å². The van der Waals surface area contributed by atoms with Crippen LogP contribution in [0.5, 0.6) is 0 Å². The standard InChI is InChI=1S/C13H13BrN2O3S/c1-3-19-13(18)9-4-7(2)20-12(9)16-11(17)10-5-8(14)6-15-10/h4-6,15H,3H2,1-2H3,(H,16,17).